The zero-order valence-corrected chi connectivity index (χ0v) is 17.1. The molecule has 1 aromatic carbocycles. The summed E-state index contributed by atoms with van der Waals surface area (Å²) in [5.74, 6) is -0.338. The lowest BCUT2D eigenvalue weighted by molar-refractivity contribution is -0.153. The van der Waals surface area contributed by atoms with Crippen LogP contribution in [0.5, 0.6) is 5.75 Å². The van der Waals surface area contributed by atoms with Crippen molar-refractivity contribution in [3.05, 3.63) is 53.2 Å². The third-order valence-electron chi connectivity index (χ3n) is 4.12. The zero-order valence-electron chi connectivity index (χ0n) is 17.1. The van der Waals surface area contributed by atoms with Crippen LogP contribution in [0.25, 0.3) is 0 Å². The highest BCUT2D eigenvalue weighted by atomic mass is 19.4. The van der Waals surface area contributed by atoms with E-state index in [2.05, 4.69) is 20.4 Å². The van der Waals surface area contributed by atoms with Crippen molar-refractivity contribution in [3.63, 3.8) is 0 Å². The van der Waals surface area contributed by atoms with E-state index in [0.29, 0.717) is 11.5 Å². The highest BCUT2D eigenvalue weighted by molar-refractivity contribution is 5.94. The summed E-state index contributed by atoms with van der Waals surface area (Å²) in [5.41, 5.74) is 1.71. The second-order valence-electron chi connectivity index (χ2n) is 7.19. The van der Waals surface area contributed by atoms with Gasteiger partial charge in [-0.1, -0.05) is 13.8 Å². The minimum atomic E-state index is -4.43. The molecule has 1 aromatic heterocycles. The molecular formula is C21H24F3N3O3. The summed E-state index contributed by atoms with van der Waals surface area (Å²) in [5, 5.41) is 5.55. The number of amides is 2. The Kier molecular flexibility index (Phi) is 7.42. The van der Waals surface area contributed by atoms with E-state index < -0.39 is 24.7 Å². The molecular weight excluding hydrogens is 399 g/mol. The molecule has 9 heteroatoms. The normalized spacial score (nSPS) is 12.4. The fourth-order valence-electron chi connectivity index (χ4n) is 2.51. The highest BCUT2D eigenvalue weighted by Gasteiger charge is 2.28. The molecule has 0 aliphatic carbocycles. The van der Waals surface area contributed by atoms with Gasteiger partial charge in [0.25, 0.3) is 5.91 Å². The summed E-state index contributed by atoms with van der Waals surface area (Å²) in [6.07, 6.45) is -4.43. The zero-order chi connectivity index (χ0) is 22.5. The van der Waals surface area contributed by atoms with Crippen molar-refractivity contribution >= 4 is 17.6 Å². The van der Waals surface area contributed by atoms with Crippen molar-refractivity contribution in [1.29, 1.82) is 0 Å². The SMILES string of the molecule is Cc1cc(C(C)NC(=O)c2ccc(OCC(F)(F)F)cc2)cc(NC(=O)C(C)C)n1. The first kappa shape index (κ1) is 23.2. The Morgan fingerprint density at radius 1 is 1.10 bits per heavy atom. The first-order valence-corrected chi connectivity index (χ1v) is 9.34. The molecule has 0 spiro atoms. The molecule has 0 saturated heterocycles. The molecule has 1 unspecified atom stereocenters. The fourth-order valence-corrected chi connectivity index (χ4v) is 2.51. The van der Waals surface area contributed by atoms with Crippen LogP contribution in [-0.4, -0.2) is 29.6 Å². The first-order valence-electron chi connectivity index (χ1n) is 9.34. The average molecular weight is 423 g/mol. The van der Waals surface area contributed by atoms with Gasteiger partial charge in [0.15, 0.2) is 6.61 Å². The van der Waals surface area contributed by atoms with Gasteiger partial charge in [-0.25, -0.2) is 4.98 Å². The van der Waals surface area contributed by atoms with Gasteiger partial charge in [0.1, 0.15) is 11.6 Å². The van der Waals surface area contributed by atoms with E-state index in [1.165, 1.54) is 24.3 Å². The molecule has 2 aromatic rings. The van der Waals surface area contributed by atoms with Gasteiger partial charge >= 0.3 is 6.18 Å². The van der Waals surface area contributed by atoms with Crippen LogP contribution in [-0.2, 0) is 4.79 Å². The van der Waals surface area contributed by atoms with Crippen molar-refractivity contribution in [2.45, 2.75) is 39.9 Å². The number of alkyl halides is 3. The largest absolute Gasteiger partial charge is 0.484 e. The molecule has 1 atom stereocenters. The molecule has 162 valence electrons. The third-order valence-corrected chi connectivity index (χ3v) is 4.12. The van der Waals surface area contributed by atoms with Crippen molar-refractivity contribution < 1.29 is 27.5 Å². The third kappa shape index (κ3) is 7.06. The van der Waals surface area contributed by atoms with E-state index in [0.717, 1.165) is 5.56 Å². The molecule has 30 heavy (non-hydrogen) atoms. The van der Waals surface area contributed by atoms with E-state index in [4.69, 9.17) is 0 Å². The molecule has 0 saturated carbocycles. The van der Waals surface area contributed by atoms with Crippen molar-refractivity contribution in [3.8, 4) is 5.75 Å². The quantitative estimate of drug-likeness (QED) is 0.691. The maximum Gasteiger partial charge on any atom is 0.422 e. The average Bonchev–Trinajstić information content (AvgIpc) is 2.65. The summed E-state index contributed by atoms with van der Waals surface area (Å²) < 4.78 is 41.2. The Bertz CT molecular complexity index is 897. The molecule has 0 fully saturated rings. The van der Waals surface area contributed by atoms with Crippen LogP contribution in [0.15, 0.2) is 36.4 Å². The number of carbonyl (C=O) groups is 2. The van der Waals surface area contributed by atoms with E-state index in [1.807, 2.05) is 0 Å². The fraction of sp³-hybridized carbons (Fsp3) is 0.381. The number of benzene rings is 1. The molecule has 1 heterocycles. The maximum absolute atomic E-state index is 12.5. The van der Waals surface area contributed by atoms with Crippen molar-refractivity contribution in [2.75, 3.05) is 11.9 Å². The predicted octanol–water partition coefficient (Wildman–Crippen LogP) is 4.42. The molecule has 2 amide bonds. The van der Waals surface area contributed by atoms with E-state index in [1.54, 1.807) is 39.8 Å². The van der Waals surface area contributed by atoms with Gasteiger partial charge in [0, 0.05) is 17.2 Å². The Morgan fingerprint density at radius 2 is 1.73 bits per heavy atom. The molecule has 2 rings (SSSR count). The minimum Gasteiger partial charge on any atom is -0.484 e. The van der Waals surface area contributed by atoms with Crippen molar-refractivity contribution in [2.24, 2.45) is 5.92 Å². The molecule has 6 nitrogen and oxygen atoms in total. The molecule has 0 aliphatic rings. The van der Waals surface area contributed by atoms with Crippen molar-refractivity contribution in [1.82, 2.24) is 10.3 Å². The number of hydrogen-bond acceptors (Lipinski definition) is 4. The molecule has 0 bridgehead atoms. The second-order valence-corrected chi connectivity index (χ2v) is 7.19. The summed E-state index contributed by atoms with van der Waals surface area (Å²) in [4.78, 5) is 28.7. The van der Waals surface area contributed by atoms with Gasteiger partial charge in [-0.3, -0.25) is 9.59 Å². The van der Waals surface area contributed by atoms with E-state index in [9.17, 15) is 22.8 Å². The van der Waals surface area contributed by atoms with Crippen LogP contribution in [0.3, 0.4) is 0 Å². The number of rotatable bonds is 7. The number of nitrogens with one attached hydrogen (secondary N) is 2. The highest BCUT2D eigenvalue weighted by Crippen LogP contribution is 2.21. The Hall–Kier alpha value is -3.10. The maximum atomic E-state index is 12.5. The lowest BCUT2D eigenvalue weighted by Crippen LogP contribution is -2.27. The van der Waals surface area contributed by atoms with Crippen LogP contribution in [0.2, 0.25) is 0 Å². The van der Waals surface area contributed by atoms with Gasteiger partial charge < -0.3 is 15.4 Å². The Morgan fingerprint density at radius 3 is 2.30 bits per heavy atom. The molecule has 0 aliphatic heterocycles. The van der Waals surface area contributed by atoms with E-state index in [-0.39, 0.29) is 23.1 Å². The second kappa shape index (κ2) is 9.60. The van der Waals surface area contributed by atoms with Crippen LogP contribution >= 0.6 is 0 Å². The van der Waals surface area contributed by atoms with Crippen LogP contribution < -0.4 is 15.4 Å². The summed E-state index contributed by atoms with van der Waals surface area (Å²) in [6, 6.07) is 8.48. The lowest BCUT2D eigenvalue weighted by Gasteiger charge is -2.17. The van der Waals surface area contributed by atoms with Gasteiger partial charge in [0.05, 0.1) is 6.04 Å². The molecule has 2 N–H and O–H groups in total. The van der Waals surface area contributed by atoms with Gasteiger partial charge in [-0.15, -0.1) is 0 Å². The lowest BCUT2D eigenvalue weighted by atomic mass is 10.1. The van der Waals surface area contributed by atoms with E-state index >= 15 is 0 Å². The van der Waals surface area contributed by atoms with Gasteiger partial charge in [-0.2, -0.15) is 13.2 Å². The van der Waals surface area contributed by atoms with Crippen LogP contribution in [0, 0.1) is 12.8 Å². The summed E-state index contributed by atoms with van der Waals surface area (Å²) >= 11 is 0. The number of aromatic nitrogens is 1. The topological polar surface area (TPSA) is 80.3 Å². The monoisotopic (exact) mass is 423 g/mol. The predicted molar refractivity (Wildman–Crippen MR) is 106 cm³/mol. The first-order chi connectivity index (χ1) is 13.9. The molecule has 0 radical (unpaired) electrons. The van der Waals surface area contributed by atoms with Gasteiger partial charge in [-0.05, 0) is 55.8 Å². The number of halogens is 3. The standard InChI is InChI=1S/C21H24F3N3O3/c1-12(2)19(28)27-18-10-16(9-13(3)25-18)14(4)26-20(29)15-5-7-17(8-6-15)30-11-21(22,23)24/h5-10,12,14H,11H2,1-4H3,(H,26,29)(H,25,27,28). The minimum absolute atomic E-state index is 0.0206. The van der Waals surface area contributed by atoms with Crippen LogP contribution in [0.1, 0.15) is 48.4 Å². The number of aryl methyl sites for hydroxylation is 1. The summed E-state index contributed by atoms with van der Waals surface area (Å²) in [7, 11) is 0. The number of nitrogens with zero attached hydrogens (tertiary/aromatic N) is 1. The number of pyridine rings is 1. The number of hydrogen-bond donors (Lipinski definition) is 2. The summed E-state index contributed by atoms with van der Waals surface area (Å²) in [6.45, 7) is 5.71. The van der Waals surface area contributed by atoms with Crippen LogP contribution in [0.4, 0.5) is 19.0 Å². The number of ether oxygens (including phenoxy) is 1. The number of anilines is 1. The van der Waals surface area contributed by atoms with Gasteiger partial charge in [0.2, 0.25) is 5.91 Å². The Balaban J connectivity index is 2.04. The Labute approximate surface area is 172 Å². The smallest absolute Gasteiger partial charge is 0.422 e. The number of carbonyl (C=O) groups excluding carboxylic acids is 2.